The molecule has 6 heteroatoms. The number of rotatable bonds is 5. The van der Waals surface area contributed by atoms with Gasteiger partial charge in [-0.05, 0) is 20.3 Å². The minimum atomic E-state index is -1.18. The molecule has 0 aromatic carbocycles. The van der Waals surface area contributed by atoms with Crippen molar-refractivity contribution >= 4 is 23.2 Å². The molecule has 0 fully saturated rings. The first-order chi connectivity index (χ1) is 7.85. The zero-order chi connectivity index (χ0) is 13.1. The molecule has 0 radical (unpaired) electrons. The van der Waals surface area contributed by atoms with Gasteiger partial charge in [0.2, 0.25) is 5.91 Å². The number of aliphatic carboxylic acids is 1. The summed E-state index contributed by atoms with van der Waals surface area (Å²) in [6, 6.07) is 0. The molecule has 5 nitrogen and oxygen atoms in total. The third-order valence-corrected chi connectivity index (χ3v) is 3.45. The first kappa shape index (κ1) is 13.6. The highest BCUT2D eigenvalue weighted by Crippen LogP contribution is 2.15. The minimum Gasteiger partial charge on any atom is -0.480 e. The van der Waals surface area contributed by atoms with Gasteiger partial charge in [-0.25, -0.2) is 9.78 Å². The van der Waals surface area contributed by atoms with Crippen LogP contribution in [-0.4, -0.2) is 39.5 Å². The quantitative estimate of drug-likeness (QED) is 0.864. The molecule has 1 aromatic heterocycles. The number of carbonyl (C=O) groups is 2. The highest BCUT2D eigenvalue weighted by Gasteiger charge is 2.34. The van der Waals surface area contributed by atoms with Crippen LogP contribution in [-0.2, 0) is 16.0 Å². The van der Waals surface area contributed by atoms with E-state index < -0.39 is 11.5 Å². The van der Waals surface area contributed by atoms with Crippen molar-refractivity contribution in [1.82, 2.24) is 9.88 Å². The van der Waals surface area contributed by atoms with Crippen molar-refractivity contribution in [3.05, 3.63) is 16.6 Å². The average molecular weight is 256 g/mol. The summed E-state index contributed by atoms with van der Waals surface area (Å²) in [5.41, 5.74) is 1.40. The second-order valence-corrected chi connectivity index (χ2v) is 5.02. The molecule has 1 N–H and O–H groups in total. The van der Waals surface area contributed by atoms with E-state index in [-0.39, 0.29) is 12.3 Å². The number of hydrogen-bond donors (Lipinski definition) is 1. The molecule has 1 aromatic rings. The van der Waals surface area contributed by atoms with Gasteiger partial charge in [0.1, 0.15) is 5.54 Å². The molecule has 0 unspecified atom stereocenters. The normalized spacial score (nSPS) is 11.2. The Morgan fingerprint density at radius 3 is 2.65 bits per heavy atom. The van der Waals surface area contributed by atoms with Crippen LogP contribution in [0.15, 0.2) is 10.9 Å². The van der Waals surface area contributed by atoms with Crippen LogP contribution < -0.4 is 0 Å². The van der Waals surface area contributed by atoms with Crippen molar-refractivity contribution in [2.24, 2.45) is 0 Å². The van der Waals surface area contributed by atoms with E-state index in [1.807, 2.05) is 5.38 Å². The lowest BCUT2D eigenvalue weighted by Gasteiger charge is -2.31. The van der Waals surface area contributed by atoms with Crippen LogP contribution in [0.3, 0.4) is 0 Å². The van der Waals surface area contributed by atoms with Crippen LogP contribution in [0.5, 0.6) is 0 Å². The van der Waals surface area contributed by atoms with E-state index >= 15 is 0 Å². The number of likely N-dealkylation sites (N-methyl/N-ethyl adjacent to an activating group) is 1. The molecule has 0 aliphatic heterocycles. The Morgan fingerprint density at radius 1 is 1.53 bits per heavy atom. The number of aromatic nitrogens is 1. The Kier molecular flexibility index (Phi) is 4.22. The predicted molar refractivity (Wildman–Crippen MR) is 64.9 cm³/mol. The van der Waals surface area contributed by atoms with E-state index in [2.05, 4.69) is 4.98 Å². The lowest BCUT2D eigenvalue weighted by atomic mass is 10.0. The summed E-state index contributed by atoms with van der Waals surface area (Å²) in [6.07, 6.45) is 0.819. The van der Waals surface area contributed by atoms with Gasteiger partial charge < -0.3 is 10.0 Å². The fourth-order valence-electron chi connectivity index (χ4n) is 1.22. The molecule has 17 heavy (non-hydrogen) atoms. The standard InChI is InChI=1S/C11H16N2O3S/c1-11(2,10(15)16)13(3)9(14)5-4-8-6-17-7-12-8/h6-7H,4-5H2,1-3H3,(H,15,16). The number of amides is 1. The van der Waals surface area contributed by atoms with E-state index in [0.717, 1.165) is 5.69 Å². The van der Waals surface area contributed by atoms with E-state index in [9.17, 15) is 9.59 Å². The summed E-state index contributed by atoms with van der Waals surface area (Å²) in [6.45, 7) is 3.02. The van der Waals surface area contributed by atoms with Gasteiger partial charge in [-0.3, -0.25) is 4.79 Å². The van der Waals surface area contributed by atoms with Crippen molar-refractivity contribution in [3.63, 3.8) is 0 Å². The summed E-state index contributed by atoms with van der Waals surface area (Å²) < 4.78 is 0. The number of nitrogens with zero attached hydrogens (tertiary/aromatic N) is 2. The molecule has 0 atom stereocenters. The second-order valence-electron chi connectivity index (χ2n) is 4.30. The molecule has 0 saturated heterocycles. The SMILES string of the molecule is CN(C(=O)CCc1cscn1)C(C)(C)C(=O)O. The van der Waals surface area contributed by atoms with Gasteiger partial charge in [0, 0.05) is 18.8 Å². The summed E-state index contributed by atoms with van der Waals surface area (Å²) in [7, 11) is 1.51. The largest absolute Gasteiger partial charge is 0.480 e. The average Bonchev–Trinajstić information content (AvgIpc) is 2.77. The minimum absolute atomic E-state index is 0.189. The summed E-state index contributed by atoms with van der Waals surface area (Å²) in [5, 5.41) is 10.9. The van der Waals surface area contributed by atoms with Gasteiger partial charge in [0.05, 0.1) is 11.2 Å². The molecular formula is C11H16N2O3S. The molecule has 94 valence electrons. The Hall–Kier alpha value is -1.43. The van der Waals surface area contributed by atoms with Crippen molar-refractivity contribution in [3.8, 4) is 0 Å². The van der Waals surface area contributed by atoms with Crippen LogP contribution in [0, 0.1) is 0 Å². The van der Waals surface area contributed by atoms with Crippen LogP contribution in [0.25, 0.3) is 0 Å². The van der Waals surface area contributed by atoms with Crippen LogP contribution >= 0.6 is 11.3 Å². The lowest BCUT2D eigenvalue weighted by molar-refractivity contribution is -0.155. The van der Waals surface area contributed by atoms with Gasteiger partial charge in [-0.15, -0.1) is 11.3 Å². The second kappa shape index (κ2) is 5.27. The van der Waals surface area contributed by atoms with Gasteiger partial charge >= 0.3 is 5.97 Å². The fraction of sp³-hybridized carbons (Fsp3) is 0.545. The maximum absolute atomic E-state index is 11.8. The Balaban J connectivity index is 2.56. The summed E-state index contributed by atoms with van der Waals surface area (Å²) in [4.78, 5) is 28.2. The smallest absolute Gasteiger partial charge is 0.329 e. The first-order valence-corrected chi connectivity index (χ1v) is 6.17. The zero-order valence-corrected chi connectivity index (χ0v) is 11.0. The van der Waals surface area contributed by atoms with Crippen molar-refractivity contribution in [2.75, 3.05) is 7.05 Å². The molecule has 1 heterocycles. The summed E-state index contributed by atoms with van der Waals surface area (Å²) >= 11 is 1.48. The maximum atomic E-state index is 11.8. The molecule has 0 aliphatic carbocycles. The highest BCUT2D eigenvalue weighted by atomic mass is 32.1. The number of thiazole rings is 1. The van der Waals surface area contributed by atoms with Gasteiger partial charge in [0.25, 0.3) is 0 Å². The van der Waals surface area contributed by atoms with E-state index in [0.29, 0.717) is 6.42 Å². The molecule has 0 spiro atoms. The van der Waals surface area contributed by atoms with Crippen LogP contribution in [0.4, 0.5) is 0 Å². The van der Waals surface area contributed by atoms with Crippen molar-refractivity contribution < 1.29 is 14.7 Å². The molecule has 0 aliphatic rings. The van der Waals surface area contributed by atoms with E-state index in [4.69, 9.17) is 5.11 Å². The number of carbonyl (C=O) groups excluding carboxylic acids is 1. The fourth-order valence-corrected chi connectivity index (χ4v) is 1.81. The molecule has 0 saturated carbocycles. The first-order valence-electron chi connectivity index (χ1n) is 5.23. The zero-order valence-electron chi connectivity index (χ0n) is 10.1. The monoisotopic (exact) mass is 256 g/mol. The van der Waals surface area contributed by atoms with E-state index in [1.54, 1.807) is 5.51 Å². The third kappa shape index (κ3) is 3.26. The van der Waals surface area contributed by atoms with Gasteiger partial charge in [0.15, 0.2) is 0 Å². The topological polar surface area (TPSA) is 70.5 Å². The van der Waals surface area contributed by atoms with Crippen molar-refractivity contribution in [2.45, 2.75) is 32.2 Å². The Morgan fingerprint density at radius 2 is 2.18 bits per heavy atom. The third-order valence-electron chi connectivity index (χ3n) is 2.81. The number of aryl methyl sites for hydroxylation is 1. The van der Waals surface area contributed by atoms with Crippen LogP contribution in [0.2, 0.25) is 0 Å². The maximum Gasteiger partial charge on any atom is 0.329 e. The van der Waals surface area contributed by atoms with Crippen molar-refractivity contribution in [1.29, 1.82) is 0 Å². The van der Waals surface area contributed by atoms with E-state index in [1.165, 1.54) is 37.1 Å². The Bertz CT molecular complexity index is 401. The number of carboxylic acids is 1. The highest BCUT2D eigenvalue weighted by molar-refractivity contribution is 7.07. The summed E-state index contributed by atoms with van der Waals surface area (Å²) in [5.74, 6) is -1.20. The van der Waals surface area contributed by atoms with Crippen LogP contribution in [0.1, 0.15) is 26.0 Å². The predicted octanol–water partition coefficient (Wildman–Crippen LogP) is 1.40. The lowest BCUT2D eigenvalue weighted by Crippen LogP contribution is -2.50. The van der Waals surface area contributed by atoms with Gasteiger partial charge in [-0.1, -0.05) is 0 Å². The molecule has 0 bridgehead atoms. The molecule has 1 amide bonds. The Labute approximate surface area is 104 Å². The number of carboxylic acid groups (broad SMARTS) is 1. The van der Waals surface area contributed by atoms with Gasteiger partial charge in [-0.2, -0.15) is 0 Å². The molecular weight excluding hydrogens is 240 g/mol. The molecule has 1 rings (SSSR count). The number of hydrogen-bond acceptors (Lipinski definition) is 4.